The van der Waals surface area contributed by atoms with Gasteiger partial charge in [0.15, 0.2) is 5.82 Å². The molecular weight excluding hydrogens is 294 g/mol. The lowest BCUT2D eigenvalue weighted by Crippen LogP contribution is -2.29. The molecule has 0 amide bonds. The standard InChI is InChI=1S/C18H13ClN3/c1-12-20-17(14-6-8-15(19)9-7-14)18-16-5-3-2-4-13(16)10-11-22(18)21-12/h2-11H,1H3/q+1. The number of fused-ring (bicyclic) bond motifs is 3. The molecule has 0 aliphatic rings. The maximum atomic E-state index is 6.01. The predicted molar refractivity (Wildman–Crippen MR) is 87.9 cm³/mol. The van der Waals surface area contributed by atoms with Gasteiger partial charge in [0.2, 0.25) is 6.20 Å². The van der Waals surface area contributed by atoms with E-state index in [1.807, 2.05) is 54.0 Å². The Morgan fingerprint density at radius 1 is 0.955 bits per heavy atom. The number of aryl methyl sites for hydroxylation is 1. The summed E-state index contributed by atoms with van der Waals surface area (Å²) in [5.41, 5.74) is 2.95. The Morgan fingerprint density at radius 2 is 1.73 bits per heavy atom. The highest BCUT2D eigenvalue weighted by atomic mass is 35.5. The third kappa shape index (κ3) is 2.11. The summed E-state index contributed by atoms with van der Waals surface area (Å²) >= 11 is 6.01. The van der Waals surface area contributed by atoms with E-state index in [0.29, 0.717) is 0 Å². The molecule has 4 heteroatoms. The fourth-order valence-corrected chi connectivity index (χ4v) is 2.85. The Kier molecular flexibility index (Phi) is 3.01. The van der Waals surface area contributed by atoms with E-state index in [-0.39, 0.29) is 0 Å². The average Bonchev–Trinajstić information content (AvgIpc) is 2.54. The van der Waals surface area contributed by atoms with E-state index in [1.54, 1.807) is 0 Å². The van der Waals surface area contributed by atoms with Crippen molar-refractivity contribution in [1.29, 1.82) is 0 Å². The molecule has 2 heterocycles. The van der Waals surface area contributed by atoms with Crippen LogP contribution in [0.2, 0.25) is 5.02 Å². The van der Waals surface area contributed by atoms with Gasteiger partial charge < -0.3 is 0 Å². The van der Waals surface area contributed by atoms with Crippen LogP contribution in [0.1, 0.15) is 5.82 Å². The number of pyridine rings is 1. The zero-order valence-electron chi connectivity index (χ0n) is 12.0. The van der Waals surface area contributed by atoms with Crippen LogP contribution in [0.25, 0.3) is 27.5 Å². The van der Waals surface area contributed by atoms with Crippen molar-refractivity contribution in [3.05, 3.63) is 71.6 Å². The van der Waals surface area contributed by atoms with Gasteiger partial charge >= 0.3 is 0 Å². The van der Waals surface area contributed by atoms with E-state index in [9.17, 15) is 0 Å². The lowest BCUT2D eigenvalue weighted by atomic mass is 10.1. The SMILES string of the molecule is Cc1nc(-c2ccc(Cl)cc2)c2c3ccccc3cc[n+]2n1. The van der Waals surface area contributed by atoms with Crippen LogP contribution in [0.15, 0.2) is 60.8 Å². The Morgan fingerprint density at radius 3 is 2.55 bits per heavy atom. The van der Waals surface area contributed by atoms with Crippen LogP contribution in [0.5, 0.6) is 0 Å². The van der Waals surface area contributed by atoms with E-state index in [2.05, 4.69) is 28.3 Å². The van der Waals surface area contributed by atoms with Crippen LogP contribution in [-0.4, -0.2) is 10.1 Å². The first kappa shape index (κ1) is 13.2. The lowest BCUT2D eigenvalue weighted by Gasteiger charge is -2.04. The molecule has 0 aliphatic carbocycles. The fraction of sp³-hybridized carbons (Fsp3) is 0.0556. The molecule has 0 bridgehead atoms. The molecule has 4 rings (SSSR count). The van der Waals surface area contributed by atoms with E-state index in [0.717, 1.165) is 33.0 Å². The highest BCUT2D eigenvalue weighted by Gasteiger charge is 2.18. The van der Waals surface area contributed by atoms with Crippen LogP contribution in [-0.2, 0) is 0 Å². The number of rotatable bonds is 1. The second kappa shape index (κ2) is 5.04. The summed E-state index contributed by atoms with van der Waals surface area (Å²) in [6, 6.07) is 18.1. The molecule has 4 aromatic rings. The Labute approximate surface area is 132 Å². The van der Waals surface area contributed by atoms with Crippen molar-refractivity contribution in [2.24, 2.45) is 0 Å². The maximum Gasteiger partial charge on any atom is 0.272 e. The average molecular weight is 307 g/mol. The number of aromatic nitrogens is 3. The number of hydrogen-bond acceptors (Lipinski definition) is 2. The quantitative estimate of drug-likeness (QED) is 0.393. The van der Waals surface area contributed by atoms with Gasteiger partial charge in [-0.05, 0) is 28.1 Å². The maximum absolute atomic E-state index is 6.01. The third-order valence-electron chi connectivity index (χ3n) is 3.71. The van der Waals surface area contributed by atoms with Gasteiger partial charge in [-0.2, -0.15) is 0 Å². The summed E-state index contributed by atoms with van der Waals surface area (Å²) in [7, 11) is 0. The zero-order chi connectivity index (χ0) is 15.1. The summed E-state index contributed by atoms with van der Waals surface area (Å²) < 4.78 is 1.90. The van der Waals surface area contributed by atoms with Gasteiger partial charge in [-0.15, -0.1) is 0 Å². The summed E-state index contributed by atoms with van der Waals surface area (Å²) in [6.07, 6.45) is 1.98. The summed E-state index contributed by atoms with van der Waals surface area (Å²) in [5.74, 6) is 0.734. The fourth-order valence-electron chi connectivity index (χ4n) is 2.73. The molecular formula is C18H13ClN3+. The van der Waals surface area contributed by atoms with E-state index >= 15 is 0 Å². The molecule has 0 spiro atoms. The van der Waals surface area contributed by atoms with Gasteiger partial charge in [0.1, 0.15) is 5.69 Å². The van der Waals surface area contributed by atoms with Crippen molar-refractivity contribution >= 4 is 27.9 Å². The minimum Gasteiger partial charge on any atom is -0.220 e. The van der Waals surface area contributed by atoms with Gasteiger partial charge in [0.05, 0.1) is 5.39 Å². The Bertz CT molecular complexity index is 994. The van der Waals surface area contributed by atoms with Crippen LogP contribution < -0.4 is 4.52 Å². The van der Waals surface area contributed by atoms with Crippen LogP contribution in [0, 0.1) is 6.92 Å². The van der Waals surface area contributed by atoms with Gasteiger partial charge in [0, 0.05) is 28.7 Å². The molecule has 0 aliphatic heterocycles. The molecule has 0 radical (unpaired) electrons. The molecule has 0 saturated carbocycles. The van der Waals surface area contributed by atoms with Gasteiger partial charge in [0.25, 0.3) is 5.52 Å². The minimum atomic E-state index is 0.719. The lowest BCUT2D eigenvalue weighted by molar-refractivity contribution is -0.580. The third-order valence-corrected chi connectivity index (χ3v) is 3.96. The molecule has 3 nitrogen and oxygen atoms in total. The largest absolute Gasteiger partial charge is 0.272 e. The second-order valence-electron chi connectivity index (χ2n) is 5.21. The first-order chi connectivity index (χ1) is 10.7. The minimum absolute atomic E-state index is 0.719. The van der Waals surface area contributed by atoms with E-state index in [4.69, 9.17) is 11.6 Å². The van der Waals surface area contributed by atoms with Crippen LogP contribution in [0.3, 0.4) is 0 Å². The van der Waals surface area contributed by atoms with Crippen molar-refractivity contribution in [3.8, 4) is 11.3 Å². The number of hydrogen-bond donors (Lipinski definition) is 0. The van der Waals surface area contributed by atoms with Crippen molar-refractivity contribution in [3.63, 3.8) is 0 Å². The summed E-state index contributed by atoms with van der Waals surface area (Å²) in [6.45, 7) is 1.90. The molecule has 0 N–H and O–H groups in total. The molecule has 2 aromatic carbocycles. The van der Waals surface area contributed by atoms with Crippen LogP contribution in [0.4, 0.5) is 0 Å². The molecule has 0 unspecified atom stereocenters. The first-order valence-electron chi connectivity index (χ1n) is 7.06. The normalized spacial score (nSPS) is 11.2. The first-order valence-corrected chi connectivity index (χ1v) is 7.44. The summed E-state index contributed by atoms with van der Waals surface area (Å²) in [4.78, 5) is 4.68. The molecule has 22 heavy (non-hydrogen) atoms. The Hall–Kier alpha value is -2.52. The van der Waals surface area contributed by atoms with Crippen molar-refractivity contribution in [1.82, 2.24) is 10.1 Å². The monoisotopic (exact) mass is 306 g/mol. The molecule has 0 saturated heterocycles. The smallest absolute Gasteiger partial charge is 0.220 e. The highest BCUT2D eigenvalue weighted by Crippen LogP contribution is 2.26. The predicted octanol–water partition coefficient (Wildman–Crippen LogP) is 4.00. The van der Waals surface area contributed by atoms with E-state index < -0.39 is 0 Å². The Balaban J connectivity index is 2.16. The van der Waals surface area contributed by atoms with Crippen molar-refractivity contribution < 1.29 is 4.52 Å². The summed E-state index contributed by atoms with van der Waals surface area (Å²) in [5, 5.41) is 7.53. The zero-order valence-corrected chi connectivity index (χ0v) is 12.7. The molecule has 0 atom stereocenters. The number of halogens is 1. The second-order valence-corrected chi connectivity index (χ2v) is 5.65. The van der Waals surface area contributed by atoms with Gasteiger partial charge in [-0.25, -0.2) is 4.98 Å². The van der Waals surface area contributed by atoms with Crippen molar-refractivity contribution in [2.45, 2.75) is 6.92 Å². The van der Waals surface area contributed by atoms with Gasteiger partial charge in [-0.3, -0.25) is 0 Å². The van der Waals surface area contributed by atoms with Gasteiger partial charge in [-0.1, -0.05) is 41.9 Å². The number of benzene rings is 2. The molecule has 2 aromatic heterocycles. The van der Waals surface area contributed by atoms with Crippen molar-refractivity contribution in [2.75, 3.05) is 0 Å². The van der Waals surface area contributed by atoms with Crippen LogP contribution >= 0.6 is 11.6 Å². The number of nitrogens with zero attached hydrogens (tertiary/aromatic N) is 3. The molecule has 106 valence electrons. The van der Waals surface area contributed by atoms with E-state index in [1.165, 1.54) is 5.39 Å². The topological polar surface area (TPSA) is 29.9 Å². The molecule has 0 fully saturated rings. The highest BCUT2D eigenvalue weighted by molar-refractivity contribution is 6.30.